The third kappa shape index (κ3) is 4.26. The van der Waals surface area contributed by atoms with Gasteiger partial charge < -0.3 is 14.3 Å². The van der Waals surface area contributed by atoms with Gasteiger partial charge in [0.15, 0.2) is 5.84 Å². The topological polar surface area (TPSA) is 40.8 Å². The summed E-state index contributed by atoms with van der Waals surface area (Å²) in [7, 11) is 0. The number of amidine groups is 1. The standard InChI is InChI=1S/C23H29ClN4O/c1-4-17-11-21-22(27-9-7-26(8-10-27)15-23(2,3)16-29)25-20-6-5-19(24)12-18(20)14-28(21)13-17/h5-6,11-13,16H,4,7-10,14-15H2,1-3H3. The van der Waals surface area contributed by atoms with Crippen molar-refractivity contribution in [1.82, 2.24) is 14.4 Å². The van der Waals surface area contributed by atoms with Crippen molar-refractivity contribution in [2.75, 3.05) is 32.7 Å². The van der Waals surface area contributed by atoms with Crippen molar-refractivity contribution in [1.29, 1.82) is 0 Å². The zero-order valence-electron chi connectivity index (χ0n) is 17.5. The molecule has 3 heterocycles. The largest absolute Gasteiger partial charge is 0.352 e. The Labute approximate surface area is 178 Å². The van der Waals surface area contributed by atoms with Crippen molar-refractivity contribution < 1.29 is 4.79 Å². The summed E-state index contributed by atoms with van der Waals surface area (Å²) in [5, 5.41) is 0.748. The second-order valence-corrected chi connectivity index (χ2v) is 9.23. The molecule has 0 unspecified atom stereocenters. The Morgan fingerprint density at radius 2 is 1.93 bits per heavy atom. The third-order valence-corrected chi connectivity index (χ3v) is 6.06. The van der Waals surface area contributed by atoms with Crippen LogP contribution in [0.2, 0.25) is 5.02 Å². The lowest BCUT2D eigenvalue weighted by atomic mass is 9.95. The van der Waals surface area contributed by atoms with Gasteiger partial charge in [0.25, 0.3) is 0 Å². The monoisotopic (exact) mass is 412 g/mol. The van der Waals surface area contributed by atoms with Crippen molar-refractivity contribution in [3.8, 4) is 0 Å². The van der Waals surface area contributed by atoms with E-state index in [1.807, 2.05) is 32.0 Å². The van der Waals surface area contributed by atoms with E-state index in [9.17, 15) is 4.79 Å². The number of aryl methyl sites for hydroxylation is 1. The van der Waals surface area contributed by atoms with Crippen LogP contribution in [0.15, 0.2) is 35.5 Å². The minimum Gasteiger partial charge on any atom is -0.352 e. The number of piperazine rings is 1. The lowest BCUT2D eigenvalue weighted by molar-refractivity contribution is -0.115. The van der Waals surface area contributed by atoms with E-state index in [1.165, 1.54) is 11.3 Å². The van der Waals surface area contributed by atoms with Crippen LogP contribution >= 0.6 is 11.6 Å². The summed E-state index contributed by atoms with van der Waals surface area (Å²) < 4.78 is 2.31. The van der Waals surface area contributed by atoms with E-state index in [4.69, 9.17) is 16.6 Å². The highest BCUT2D eigenvalue weighted by atomic mass is 35.5. The molecule has 0 saturated carbocycles. The van der Waals surface area contributed by atoms with E-state index < -0.39 is 0 Å². The smallest absolute Gasteiger partial charge is 0.153 e. The Kier molecular flexibility index (Phi) is 5.54. The van der Waals surface area contributed by atoms with Gasteiger partial charge in [-0.3, -0.25) is 4.90 Å². The van der Waals surface area contributed by atoms with Crippen LogP contribution in [0.25, 0.3) is 0 Å². The molecular formula is C23H29ClN4O. The van der Waals surface area contributed by atoms with Gasteiger partial charge >= 0.3 is 0 Å². The summed E-state index contributed by atoms with van der Waals surface area (Å²) in [5.41, 5.74) is 4.35. The van der Waals surface area contributed by atoms with Gasteiger partial charge in [-0.2, -0.15) is 0 Å². The molecule has 2 aromatic rings. The van der Waals surface area contributed by atoms with Crippen LogP contribution < -0.4 is 0 Å². The molecule has 2 aliphatic rings. The number of carbonyl (C=O) groups is 1. The first-order chi connectivity index (χ1) is 13.9. The molecule has 2 aliphatic heterocycles. The molecule has 1 aromatic heterocycles. The van der Waals surface area contributed by atoms with E-state index >= 15 is 0 Å². The van der Waals surface area contributed by atoms with Crippen molar-refractivity contribution >= 4 is 29.4 Å². The molecule has 154 valence electrons. The number of hydrogen-bond donors (Lipinski definition) is 0. The summed E-state index contributed by atoms with van der Waals surface area (Å²) in [6.07, 6.45) is 4.31. The zero-order valence-corrected chi connectivity index (χ0v) is 18.2. The highest BCUT2D eigenvalue weighted by molar-refractivity contribution is 6.30. The van der Waals surface area contributed by atoms with Crippen LogP contribution in [0.4, 0.5) is 5.69 Å². The Morgan fingerprint density at radius 3 is 2.62 bits per heavy atom. The molecule has 0 spiro atoms. The number of benzene rings is 1. The minimum absolute atomic E-state index is 0.301. The van der Waals surface area contributed by atoms with Crippen LogP contribution in [0.5, 0.6) is 0 Å². The van der Waals surface area contributed by atoms with E-state index in [1.54, 1.807) is 0 Å². The first-order valence-electron chi connectivity index (χ1n) is 10.4. The zero-order chi connectivity index (χ0) is 20.6. The Bertz CT molecular complexity index is 938. The summed E-state index contributed by atoms with van der Waals surface area (Å²) in [4.78, 5) is 21.2. The normalized spacial score (nSPS) is 17.4. The van der Waals surface area contributed by atoms with Crippen LogP contribution in [0, 0.1) is 5.41 Å². The maximum absolute atomic E-state index is 11.3. The molecule has 0 bridgehead atoms. The maximum atomic E-state index is 11.3. The number of hydrogen-bond acceptors (Lipinski definition) is 4. The van der Waals surface area contributed by atoms with Gasteiger partial charge in [-0.05, 0) is 41.8 Å². The Balaban J connectivity index is 1.62. The number of aliphatic imine (C=N–C) groups is 1. The minimum atomic E-state index is -0.301. The average Bonchev–Trinajstić information content (AvgIpc) is 3.04. The van der Waals surface area contributed by atoms with E-state index in [2.05, 4.69) is 33.6 Å². The van der Waals surface area contributed by atoms with Gasteiger partial charge in [-0.1, -0.05) is 32.4 Å². The Morgan fingerprint density at radius 1 is 1.17 bits per heavy atom. The summed E-state index contributed by atoms with van der Waals surface area (Å²) in [6, 6.07) is 8.24. The van der Waals surface area contributed by atoms with Gasteiger partial charge in [0.05, 0.1) is 11.4 Å². The molecule has 5 nitrogen and oxygen atoms in total. The number of rotatable bonds is 4. The molecule has 29 heavy (non-hydrogen) atoms. The SMILES string of the molecule is CCc1cc2n(c1)Cc1cc(Cl)ccc1N=C2N1CCN(CC(C)(C)C=O)CC1. The Hall–Kier alpha value is -2.11. The van der Waals surface area contributed by atoms with E-state index in [0.717, 1.165) is 74.1 Å². The molecule has 0 aliphatic carbocycles. The third-order valence-electron chi connectivity index (χ3n) is 5.82. The fourth-order valence-electron chi connectivity index (χ4n) is 4.19. The molecule has 4 rings (SSSR count). The number of halogens is 1. The van der Waals surface area contributed by atoms with Gasteiger partial charge in [0, 0.05) is 55.9 Å². The summed E-state index contributed by atoms with van der Waals surface area (Å²) >= 11 is 6.26. The van der Waals surface area contributed by atoms with Crippen LogP contribution in [0.3, 0.4) is 0 Å². The summed E-state index contributed by atoms with van der Waals surface area (Å²) in [5.74, 6) is 1.04. The van der Waals surface area contributed by atoms with Gasteiger partial charge in [-0.15, -0.1) is 0 Å². The number of aldehydes is 1. The van der Waals surface area contributed by atoms with Gasteiger partial charge in [0.2, 0.25) is 0 Å². The summed E-state index contributed by atoms with van der Waals surface area (Å²) in [6.45, 7) is 11.5. The molecule has 0 radical (unpaired) electrons. The molecule has 6 heteroatoms. The second kappa shape index (κ2) is 7.96. The first-order valence-corrected chi connectivity index (χ1v) is 10.8. The van der Waals surface area contributed by atoms with Crippen LogP contribution in [-0.4, -0.2) is 59.2 Å². The molecule has 0 amide bonds. The van der Waals surface area contributed by atoms with Gasteiger partial charge in [-0.25, -0.2) is 4.99 Å². The maximum Gasteiger partial charge on any atom is 0.153 e. The van der Waals surface area contributed by atoms with E-state index in [-0.39, 0.29) is 5.41 Å². The molecule has 1 aromatic carbocycles. The molecule has 0 N–H and O–H groups in total. The van der Waals surface area contributed by atoms with E-state index in [0.29, 0.717) is 0 Å². The van der Waals surface area contributed by atoms with Crippen LogP contribution in [0.1, 0.15) is 37.6 Å². The number of nitrogens with zero attached hydrogens (tertiary/aromatic N) is 4. The fraction of sp³-hybridized carbons (Fsp3) is 0.478. The van der Waals surface area contributed by atoms with Crippen molar-refractivity contribution in [3.63, 3.8) is 0 Å². The number of fused-ring (bicyclic) bond motifs is 2. The predicted molar refractivity (Wildman–Crippen MR) is 118 cm³/mol. The second-order valence-electron chi connectivity index (χ2n) is 8.79. The van der Waals surface area contributed by atoms with Crippen molar-refractivity contribution in [2.45, 2.75) is 33.7 Å². The number of carbonyl (C=O) groups excluding carboxylic acids is 1. The molecular weight excluding hydrogens is 384 g/mol. The predicted octanol–water partition coefficient (Wildman–Crippen LogP) is 3.99. The fourth-order valence-corrected chi connectivity index (χ4v) is 4.39. The first kappa shape index (κ1) is 20.2. The quantitative estimate of drug-likeness (QED) is 0.713. The number of aromatic nitrogens is 1. The van der Waals surface area contributed by atoms with Crippen molar-refractivity contribution in [3.05, 3.63) is 52.3 Å². The molecule has 0 atom stereocenters. The van der Waals surface area contributed by atoms with Gasteiger partial charge in [0.1, 0.15) is 6.29 Å². The highest BCUT2D eigenvalue weighted by Crippen LogP contribution is 2.30. The van der Waals surface area contributed by atoms with Crippen molar-refractivity contribution in [2.24, 2.45) is 10.4 Å². The highest BCUT2D eigenvalue weighted by Gasteiger charge is 2.28. The lowest BCUT2D eigenvalue weighted by Crippen LogP contribution is -2.51. The lowest BCUT2D eigenvalue weighted by Gasteiger charge is -2.38. The molecule has 1 saturated heterocycles. The molecule has 1 fully saturated rings. The van der Waals surface area contributed by atoms with Crippen LogP contribution in [-0.2, 0) is 17.8 Å². The average molecular weight is 413 g/mol.